The Hall–Kier alpha value is -1.41. The molecule has 1 saturated heterocycles. The SMILES string of the molecule is CCc1cc(OC(=O)C2CCN(S(=O)(=O)c3cccs3)CC2)ccc1Cl. The summed E-state index contributed by atoms with van der Waals surface area (Å²) in [6.45, 7) is 2.62. The zero-order valence-electron chi connectivity index (χ0n) is 14.4. The zero-order valence-corrected chi connectivity index (χ0v) is 16.7. The van der Waals surface area contributed by atoms with Crippen LogP contribution >= 0.6 is 22.9 Å². The summed E-state index contributed by atoms with van der Waals surface area (Å²) in [5.41, 5.74) is 0.925. The van der Waals surface area contributed by atoms with Crippen LogP contribution in [0.5, 0.6) is 5.75 Å². The third-order valence-electron chi connectivity index (χ3n) is 4.49. The number of hydrogen-bond acceptors (Lipinski definition) is 5. The van der Waals surface area contributed by atoms with Crippen LogP contribution in [0.3, 0.4) is 0 Å². The molecule has 0 saturated carbocycles. The number of ether oxygens (including phenoxy) is 1. The standard InChI is InChI=1S/C18H20ClNO4S2/c1-2-13-12-15(5-6-16(13)19)24-18(21)14-7-9-20(10-8-14)26(22,23)17-4-3-11-25-17/h3-6,11-12,14H,2,7-10H2,1H3. The van der Waals surface area contributed by atoms with Gasteiger partial charge in [0.1, 0.15) is 9.96 Å². The first-order valence-corrected chi connectivity index (χ1v) is 11.2. The maximum atomic E-state index is 12.5. The van der Waals surface area contributed by atoms with Crippen LogP contribution in [0.2, 0.25) is 5.02 Å². The van der Waals surface area contributed by atoms with Crippen LogP contribution in [0.1, 0.15) is 25.3 Å². The molecule has 1 fully saturated rings. The second-order valence-corrected chi connectivity index (χ2v) is 9.66. The van der Waals surface area contributed by atoms with Crippen molar-refractivity contribution >= 4 is 38.9 Å². The largest absolute Gasteiger partial charge is 0.426 e. The van der Waals surface area contributed by atoms with Gasteiger partial charge in [0.15, 0.2) is 0 Å². The predicted octanol–water partition coefficient (Wildman–Crippen LogP) is 3.97. The molecule has 0 unspecified atom stereocenters. The van der Waals surface area contributed by atoms with Crippen molar-refractivity contribution in [3.8, 4) is 5.75 Å². The predicted molar refractivity (Wildman–Crippen MR) is 102 cm³/mol. The Labute approximate surface area is 162 Å². The molecule has 0 aliphatic carbocycles. The number of halogens is 1. The smallest absolute Gasteiger partial charge is 0.314 e. The number of aryl methyl sites for hydroxylation is 1. The number of sulfonamides is 1. The molecule has 0 radical (unpaired) electrons. The van der Waals surface area contributed by atoms with E-state index >= 15 is 0 Å². The summed E-state index contributed by atoms with van der Waals surface area (Å²) in [6, 6.07) is 8.50. The van der Waals surface area contributed by atoms with Crippen molar-refractivity contribution in [3.63, 3.8) is 0 Å². The number of nitrogens with zero attached hydrogens (tertiary/aromatic N) is 1. The Kier molecular flexibility index (Phi) is 6.02. The van der Waals surface area contributed by atoms with E-state index in [2.05, 4.69) is 0 Å². The number of carbonyl (C=O) groups is 1. The minimum Gasteiger partial charge on any atom is -0.426 e. The fraction of sp³-hybridized carbons (Fsp3) is 0.389. The van der Waals surface area contributed by atoms with Crippen LogP contribution in [0.4, 0.5) is 0 Å². The molecule has 2 heterocycles. The maximum Gasteiger partial charge on any atom is 0.314 e. The van der Waals surface area contributed by atoms with Crippen molar-refractivity contribution in [2.24, 2.45) is 5.92 Å². The highest BCUT2D eigenvalue weighted by Gasteiger charge is 2.33. The summed E-state index contributed by atoms with van der Waals surface area (Å²) in [5.74, 6) is -0.141. The highest BCUT2D eigenvalue weighted by atomic mass is 35.5. The molecule has 0 atom stereocenters. The number of thiophene rings is 1. The van der Waals surface area contributed by atoms with Gasteiger partial charge in [-0.1, -0.05) is 24.6 Å². The van der Waals surface area contributed by atoms with Gasteiger partial charge >= 0.3 is 5.97 Å². The number of esters is 1. The van der Waals surface area contributed by atoms with E-state index in [1.165, 1.54) is 15.6 Å². The highest BCUT2D eigenvalue weighted by Crippen LogP contribution is 2.28. The van der Waals surface area contributed by atoms with E-state index in [1.807, 2.05) is 6.92 Å². The number of hydrogen-bond donors (Lipinski definition) is 0. The van der Waals surface area contributed by atoms with Gasteiger partial charge in [-0.3, -0.25) is 4.79 Å². The normalized spacial score (nSPS) is 16.5. The summed E-state index contributed by atoms with van der Waals surface area (Å²) in [6.07, 6.45) is 1.67. The molecular formula is C18H20ClNO4S2. The highest BCUT2D eigenvalue weighted by molar-refractivity contribution is 7.91. The molecular weight excluding hydrogens is 394 g/mol. The third-order valence-corrected chi connectivity index (χ3v) is 8.13. The van der Waals surface area contributed by atoms with Crippen molar-refractivity contribution in [3.05, 3.63) is 46.3 Å². The lowest BCUT2D eigenvalue weighted by molar-refractivity contribution is -0.140. The summed E-state index contributed by atoms with van der Waals surface area (Å²) in [5, 5.41) is 2.40. The van der Waals surface area contributed by atoms with E-state index < -0.39 is 10.0 Å². The molecule has 0 amide bonds. The van der Waals surface area contributed by atoms with Gasteiger partial charge in [0.25, 0.3) is 10.0 Å². The average Bonchev–Trinajstić information content (AvgIpc) is 3.19. The molecule has 1 aromatic heterocycles. The quantitative estimate of drug-likeness (QED) is 0.549. The van der Waals surface area contributed by atoms with E-state index in [-0.39, 0.29) is 11.9 Å². The molecule has 0 bridgehead atoms. The molecule has 0 spiro atoms. The van der Waals surface area contributed by atoms with E-state index in [1.54, 1.807) is 35.7 Å². The van der Waals surface area contributed by atoms with Crippen LogP contribution in [-0.2, 0) is 21.2 Å². The molecule has 1 aliphatic heterocycles. The Morgan fingerprint density at radius 1 is 1.31 bits per heavy atom. The zero-order chi connectivity index (χ0) is 18.7. The van der Waals surface area contributed by atoms with Crippen LogP contribution in [0, 0.1) is 5.92 Å². The summed E-state index contributed by atoms with van der Waals surface area (Å²) in [7, 11) is -3.46. The molecule has 0 N–H and O–H groups in total. The minimum atomic E-state index is -3.46. The molecule has 1 aliphatic rings. The second kappa shape index (κ2) is 8.08. The Morgan fingerprint density at radius 3 is 2.65 bits per heavy atom. The Morgan fingerprint density at radius 2 is 2.04 bits per heavy atom. The van der Waals surface area contributed by atoms with Gasteiger partial charge < -0.3 is 4.74 Å². The molecule has 8 heteroatoms. The lowest BCUT2D eigenvalue weighted by Crippen LogP contribution is -2.40. The van der Waals surface area contributed by atoms with E-state index in [0.29, 0.717) is 40.9 Å². The molecule has 26 heavy (non-hydrogen) atoms. The van der Waals surface area contributed by atoms with Crippen LogP contribution < -0.4 is 4.74 Å². The van der Waals surface area contributed by atoms with Crippen LogP contribution in [0.25, 0.3) is 0 Å². The molecule has 140 valence electrons. The fourth-order valence-corrected chi connectivity index (χ4v) is 5.82. The van der Waals surface area contributed by atoms with Crippen LogP contribution in [-0.4, -0.2) is 31.8 Å². The number of piperidine rings is 1. The van der Waals surface area contributed by atoms with Gasteiger partial charge in [0.2, 0.25) is 0 Å². The number of rotatable bonds is 5. The Bertz CT molecular complexity index is 873. The first-order chi connectivity index (χ1) is 12.4. The van der Waals surface area contributed by atoms with E-state index in [9.17, 15) is 13.2 Å². The van der Waals surface area contributed by atoms with Crippen molar-refractivity contribution in [1.82, 2.24) is 4.31 Å². The van der Waals surface area contributed by atoms with Gasteiger partial charge in [-0.05, 0) is 54.5 Å². The average molecular weight is 414 g/mol. The molecule has 1 aromatic carbocycles. The van der Waals surface area contributed by atoms with Crippen molar-refractivity contribution in [2.45, 2.75) is 30.4 Å². The van der Waals surface area contributed by atoms with Gasteiger partial charge in [-0.15, -0.1) is 11.3 Å². The third kappa shape index (κ3) is 4.11. The monoisotopic (exact) mass is 413 g/mol. The van der Waals surface area contributed by atoms with Crippen molar-refractivity contribution in [1.29, 1.82) is 0 Å². The van der Waals surface area contributed by atoms with Crippen LogP contribution in [0.15, 0.2) is 39.9 Å². The lowest BCUT2D eigenvalue weighted by atomic mass is 9.98. The maximum absolute atomic E-state index is 12.5. The van der Waals surface area contributed by atoms with Crippen molar-refractivity contribution < 1.29 is 17.9 Å². The van der Waals surface area contributed by atoms with Crippen molar-refractivity contribution in [2.75, 3.05) is 13.1 Å². The summed E-state index contributed by atoms with van der Waals surface area (Å²) in [4.78, 5) is 12.4. The topological polar surface area (TPSA) is 63.7 Å². The lowest BCUT2D eigenvalue weighted by Gasteiger charge is -2.29. The Balaban J connectivity index is 1.60. The van der Waals surface area contributed by atoms with Gasteiger partial charge in [-0.2, -0.15) is 4.31 Å². The van der Waals surface area contributed by atoms with Gasteiger partial charge in [0.05, 0.1) is 5.92 Å². The summed E-state index contributed by atoms with van der Waals surface area (Å²) >= 11 is 7.29. The molecule has 5 nitrogen and oxygen atoms in total. The number of carbonyl (C=O) groups excluding carboxylic acids is 1. The fourth-order valence-electron chi connectivity index (χ4n) is 2.95. The van der Waals surface area contributed by atoms with E-state index in [0.717, 1.165) is 12.0 Å². The number of benzene rings is 1. The van der Waals surface area contributed by atoms with Gasteiger partial charge in [0, 0.05) is 18.1 Å². The molecule has 3 rings (SSSR count). The first kappa shape index (κ1) is 19.4. The van der Waals surface area contributed by atoms with Gasteiger partial charge in [-0.25, -0.2) is 8.42 Å². The van der Waals surface area contributed by atoms with E-state index in [4.69, 9.17) is 16.3 Å². The molecule has 2 aromatic rings. The minimum absolute atomic E-state index is 0.300. The first-order valence-electron chi connectivity index (χ1n) is 8.45. The summed E-state index contributed by atoms with van der Waals surface area (Å²) < 4.78 is 32.3. The second-order valence-electron chi connectivity index (χ2n) is 6.14.